The molecule has 2 rings (SSSR count). The summed E-state index contributed by atoms with van der Waals surface area (Å²) in [6.45, 7) is 5.33. The standard InChI is InChI=1S/C20H25ClN2O5S/c1-12-7-8-15(9-13(12)2)23(29(6,25)26)14(3)20(24)22-17-11-18(27-4)16(21)10-19(17)28-5/h7-11,14H,1-6H3,(H,22,24)/t14-/m1/s1. The number of sulfonamides is 1. The number of methoxy groups -OCH3 is 2. The summed E-state index contributed by atoms with van der Waals surface area (Å²) < 4.78 is 36.5. The largest absolute Gasteiger partial charge is 0.495 e. The van der Waals surface area contributed by atoms with Gasteiger partial charge in [0, 0.05) is 12.1 Å². The molecular formula is C20H25ClN2O5S. The van der Waals surface area contributed by atoms with Gasteiger partial charge in [0.15, 0.2) is 0 Å². The van der Waals surface area contributed by atoms with E-state index in [2.05, 4.69) is 5.32 Å². The summed E-state index contributed by atoms with van der Waals surface area (Å²) in [7, 11) is -0.833. The van der Waals surface area contributed by atoms with Gasteiger partial charge in [0.05, 0.1) is 36.9 Å². The van der Waals surface area contributed by atoms with Crippen LogP contribution in [-0.4, -0.2) is 40.8 Å². The summed E-state index contributed by atoms with van der Waals surface area (Å²) in [5, 5.41) is 3.03. The van der Waals surface area contributed by atoms with Gasteiger partial charge in [0.1, 0.15) is 17.5 Å². The first-order valence-corrected chi connectivity index (χ1v) is 11.0. The van der Waals surface area contributed by atoms with Crippen LogP contribution in [0.5, 0.6) is 11.5 Å². The van der Waals surface area contributed by atoms with Gasteiger partial charge < -0.3 is 14.8 Å². The number of rotatable bonds is 7. The number of benzene rings is 2. The van der Waals surface area contributed by atoms with Crippen molar-refractivity contribution in [2.45, 2.75) is 26.8 Å². The molecule has 0 spiro atoms. The number of nitrogens with zero attached hydrogens (tertiary/aromatic N) is 1. The lowest BCUT2D eigenvalue weighted by molar-refractivity contribution is -0.116. The number of hydrogen-bond donors (Lipinski definition) is 1. The Morgan fingerprint density at radius 2 is 1.69 bits per heavy atom. The third kappa shape index (κ3) is 5.13. The van der Waals surface area contributed by atoms with Crippen LogP contribution in [0.1, 0.15) is 18.1 Å². The zero-order valence-corrected chi connectivity index (χ0v) is 18.8. The monoisotopic (exact) mass is 440 g/mol. The second-order valence-electron chi connectivity index (χ2n) is 6.68. The highest BCUT2D eigenvalue weighted by atomic mass is 35.5. The number of carbonyl (C=O) groups excluding carboxylic acids is 1. The van der Waals surface area contributed by atoms with Gasteiger partial charge in [0.2, 0.25) is 15.9 Å². The lowest BCUT2D eigenvalue weighted by Gasteiger charge is -2.29. The van der Waals surface area contributed by atoms with E-state index in [9.17, 15) is 13.2 Å². The van der Waals surface area contributed by atoms with E-state index in [-0.39, 0.29) is 0 Å². The van der Waals surface area contributed by atoms with E-state index in [0.717, 1.165) is 21.7 Å². The summed E-state index contributed by atoms with van der Waals surface area (Å²) in [6.07, 6.45) is 1.07. The van der Waals surface area contributed by atoms with E-state index in [1.807, 2.05) is 19.9 Å². The maximum absolute atomic E-state index is 12.9. The summed E-state index contributed by atoms with van der Waals surface area (Å²) in [5.41, 5.74) is 2.68. The quantitative estimate of drug-likeness (QED) is 0.708. The fourth-order valence-electron chi connectivity index (χ4n) is 2.87. The van der Waals surface area contributed by atoms with Crippen LogP contribution in [-0.2, 0) is 14.8 Å². The predicted octanol–water partition coefficient (Wildman–Crippen LogP) is 3.77. The molecule has 0 aliphatic heterocycles. The molecule has 2 aromatic rings. The highest BCUT2D eigenvalue weighted by molar-refractivity contribution is 7.92. The van der Waals surface area contributed by atoms with Crippen molar-refractivity contribution in [1.29, 1.82) is 0 Å². The normalized spacial score (nSPS) is 12.2. The molecule has 1 amide bonds. The van der Waals surface area contributed by atoms with Crippen LogP contribution in [0.4, 0.5) is 11.4 Å². The fourth-order valence-corrected chi connectivity index (χ4v) is 4.26. The van der Waals surface area contributed by atoms with E-state index in [1.54, 1.807) is 12.1 Å². The van der Waals surface area contributed by atoms with Gasteiger partial charge in [0.25, 0.3) is 0 Å². The minimum atomic E-state index is -3.72. The van der Waals surface area contributed by atoms with Gasteiger partial charge in [-0.15, -0.1) is 0 Å². The molecule has 0 radical (unpaired) electrons. The van der Waals surface area contributed by atoms with Gasteiger partial charge in [-0.25, -0.2) is 8.42 Å². The lowest BCUT2D eigenvalue weighted by atomic mass is 10.1. The number of anilines is 2. The van der Waals surface area contributed by atoms with Crippen molar-refractivity contribution >= 4 is 38.9 Å². The molecule has 0 heterocycles. The van der Waals surface area contributed by atoms with Crippen LogP contribution in [0.15, 0.2) is 30.3 Å². The molecule has 0 saturated heterocycles. The Morgan fingerprint density at radius 1 is 1.07 bits per heavy atom. The SMILES string of the molecule is COc1cc(NC(=O)[C@@H](C)N(c2ccc(C)c(C)c2)S(C)(=O)=O)c(OC)cc1Cl. The summed E-state index contributed by atoms with van der Waals surface area (Å²) in [5.74, 6) is 0.148. The Morgan fingerprint density at radius 3 is 2.21 bits per heavy atom. The molecule has 0 bridgehead atoms. The molecule has 0 aliphatic carbocycles. The van der Waals surface area contributed by atoms with Crippen LogP contribution in [0.2, 0.25) is 5.02 Å². The van der Waals surface area contributed by atoms with Crippen LogP contribution in [0, 0.1) is 13.8 Å². The molecule has 0 aliphatic rings. The molecule has 1 atom stereocenters. The molecule has 7 nitrogen and oxygen atoms in total. The van der Waals surface area contributed by atoms with Crippen LogP contribution >= 0.6 is 11.6 Å². The Kier molecular flexibility index (Phi) is 7.02. The second-order valence-corrected chi connectivity index (χ2v) is 8.95. The number of carbonyl (C=O) groups is 1. The second kappa shape index (κ2) is 8.92. The fraction of sp³-hybridized carbons (Fsp3) is 0.350. The third-order valence-electron chi connectivity index (χ3n) is 4.57. The number of hydrogen-bond acceptors (Lipinski definition) is 5. The van der Waals surface area contributed by atoms with Gasteiger partial charge in [-0.3, -0.25) is 9.10 Å². The van der Waals surface area contributed by atoms with Crippen molar-refractivity contribution in [1.82, 2.24) is 0 Å². The third-order valence-corrected chi connectivity index (χ3v) is 6.10. The molecule has 9 heteroatoms. The molecule has 2 aromatic carbocycles. The molecule has 0 unspecified atom stereocenters. The number of halogens is 1. The lowest BCUT2D eigenvalue weighted by Crippen LogP contribution is -2.45. The predicted molar refractivity (Wildman–Crippen MR) is 116 cm³/mol. The molecule has 1 N–H and O–H groups in total. The smallest absolute Gasteiger partial charge is 0.248 e. The highest BCUT2D eigenvalue weighted by Gasteiger charge is 2.30. The Balaban J connectivity index is 2.41. The van der Waals surface area contributed by atoms with E-state index < -0.39 is 22.0 Å². The van der Waals surface area contributed by atoms with Gasteiger partial charge in [-0.05, 0) is 44.0 Å². The molecule has 0 fully saturated rings. The first kappa shape index (κ1) is 22.8. The van der Waals surface area contributed by atoms with Crippen molar-refractivity contribution in [2.24, 2.45) is 0 Å². The maximum atomic E-state index is 12.9. The van der Waals surface area contributed by atoms with E-state index in [1.165, 1.54) is 33.3 Å². The molecule has 29 heavy (non-hydrogen) atoms. The number of nitrogens with one attached hydrogen (secondary N) is 1. The van der Waals surface area contributed by atoms with E-state index in [4.69, 9.17) is 21.1 Å². The minimum absolute atomic E-state index is 0.319. The van der Waals surface area contributed by atoms with Crippen LogP contribution in [0.25, 0.3) is 0 Å². The number of ether oxygens (including phenoxy) is 2. The van der Waals surface area contributed by atoms with Crippen LogP contribution < -0.4 is 19.1 Å². The molecule has 0 aromatic heterocycles. The summed E-state index contributed by atoms with van der Waals surface area (Å²) in [4.78, 5) is 12.9. The average Bonchev–Trinajstić information content (AvgIpc) is 2.64. The molecular weight excluding hydrogens is 416 g/mol. The highest BCUT2D eigenvalue weighted by Crippen LogP contribution is 2.36. The average molecular weight is 441 g/mol. The first-order valence-electron chi connectivity index (χ1n) is 8.78. The number of aryl methyl sites for hydroxylation is 2. The van der Waals surface area contributed by atoms with Gasteiger partial charge >= 0.3 is 0 Å². The maximum Gasteiger partial charge on any atom is 0.248 e. The van der Waals surface area contributed by atoms with Crippen molar-refractivity contribution in [3.63, 3.8) is 0 Å². The van der Waals surface area contributed by atoms with Crippen molar-refractivity contribution < 1.29 is 22.7 Å². The van der Waals surface area contributed by atoms with Crippen molar-refractivity contribution in [2.75, 3.05) is 30.1 Å². The molecule has 158 valence electrons. The van der Waals surface area contributed by atoms with Crippen molar-refractivity contribution in [3.8, 4) is 11.5 Å². The minimum Gasteiger partial charge on any atom is -0.495 e. The van der Waals surface area contributed by atoms with Gasteiger partial charge in [-0.2, -0.15) is 0 Å². The Hall–Kier alpha value is -2.45. The Bertz CT molecular complexity index is 1020. The van der Waals surface area contributed by atoms with Crippen molar-refractivity contribution in [3.05, 3.63) is 46.5 Å². The van der Waals surface area contributed by atoms with E-state index in [0.29, 0.717) is 27.9 Å². The molecule has 0 saturated carbocycles. The van der Waals surface area contributed by atoms with Gasteiger partial charge in [-0.1, -0.05) is 17.7 Å². The zero-order valence-electron chi connectivity index (χ0n) is 17.2. The zero-order chi connectivity index (χ0) is 21.9. The van der Waals surface area contributed by atoms with Crippen LogP contribution in [0.3, 0.4) is 0 Å². The van der Waals surface area contributed by atoms with E-state index >= 15 is 0 Å². The Labute approximate surface area is 176 Å². The summed E-state index contributed by atoms with van der Waals surface area (Å²) in [6, 6.07) is 7.26. The first-order chi connectivity index (χ1) is 13.5. The summed E-state index contributed by atoms with van der Waals surface area (Å²) >= 11 is 6.09. The topological polar surface area (TPSA) is 84.9 Å². The number of amides is 1.